The van der Waals surface area contributed by atoms with Crippen LogP contribution in [-0.2, 0) is 10.8 Å². The Hall–Kier alpha value is -3.80. The molecule has 6 heteroatoms. The van der Waals surface area contributed by atoms with E-state index in [1.54, 1.807) is 0 Å². The zero-order valence-corrected chi connectivity index (χ0v) is 32.3. The van der Waals surface area contributed by atoms with Crippen molar-refractivity contribution >= 4 is 0 Å². The molecule has 0 saturated heterocycles. The van der Waals surface area contributed by atoms with Crippen molar-refractivity contribution in [2.45, 2.75) is 143 Å². The van der Waals surface area contributed by atoms with Gasteiger partial charge in [0, 0.05) is 58.0 Å². The molecule has 0 N–H and O–H groups in total. The first kappa shape index (κ1) is 39.0. The van der Waals surface area contributed by atoms with Gasteiger partial charge in [0.15, 0.2) is 5.82 Å². The molecule has 270 valence electrons. The molecule has 6 nitrogen and oxygen atoms in total. The molecule has 0 aliphatic rings. The van der Waals surface area contributed by atoms with Crippen molar-refractivity contribution in [1.82, 2.24) is 19.9 Å². The normalized spacial score (nSPS) is 11.9. The number of hydrogen-bond donors (Lipinski definition) is 0. The average molecular weight is 679 g/mol. The van der Waals surface area contributed by atoms with Gasteiger partial charge < -0.3 is 9.47 Å². The fraction of sp³-hybridized carbons (Fsp3) is 0.545. The molecule has 4 rings (SSSR count). The van der Waals surface area contributed by atoms with Gasteiger partial charge in [-0.25, -0.2) is 19.9 Å². The molecule has 50 heavy (non-hydrogen) atoms. The van der Waals surface area contributed by atoms with E-state index >= 15 is 0 Å². The molecule has 0 atom stereocenters. The lowest BCUT2D eigenvalue weighted by Gasteiger charge is -2.20. The van der Waals surface area contributed by atoms with Crippen molar-refractivity contribution in [1.29, 1.82) is 0 Å². The van der Waals surface area contributed by atoms with Crippen LogP contribution in [0.2, 0.25) is 0 Å². The van der Waals surface area contributed by atoms with Gasteiger partial charge in [-0.05, 0) is 36.0 Å². The van der Waals surface area contributed by atoms with Crippen LogP contribution in [0.15, 0.2) is 61.2 Å². The molecule has 0 saturated carbocycles. The van der Waals surface area contributed by atoms with E-state index in [9.17, 15) is 0 Å². The first-order valence-electron chi connectivity index (χ1n) is 19.2. The van der Waals surface area contributed by atoms with Crippen molar-refractivity contribution in [3.05, 3.63) is 72.6 Å². The molecule has 0 aliphatic carbocycles. The molecule has 0 aliphatic heterocycles. The third-order valence-electron chi connectivity index (χ3n) is 9.20. The van der Waals surface area contributed by atoms with Gasteiger partial charge in [-0.1, -0.05) is 144 Å². The smallest absolute Gasteiger partial charge is 0.159 e. The van der Waals surface area contributed by atoms with Crippen LogP contribution in [0.5, 0.6) is 11.5 Å². The van der Waals surface area contributed by atoms with Crippen molar-refractivity contribution in [3.8, 4) is 45.1 Å². The van der Waals surface area contributed by atoms with Crippen LogP contribution < -0.4 is 9.47 Å². The first-order chi connectivity index (χ1) is 24.0. The Morgan fingerprint density at radius 3 is 1.32 bits per heavy atom. The molecule has 2 heterocycles. The maximum Gasteiger partial charge on any atom is 0.159 e. The Bertz CT molecular complexity index is 1570. The van der Waals surface area contributed by atoms with Gasteiger partial charge in [-0.2, -0.15) is 0 Å². The average Bonchev–Trinajstić information content (AvgIpc) is 3.10. The topological polar surface area (TPSA) is 70.0 Å². The van der Waals surface area contributed by atoms with Crippen LogP contribution in [0.1, 0.15) is 144 Å². The zero-order valence-electron chi connectivity index (χ0n) is 32.3. The van der Waals surface area contributed by atoms with E-state index in [1.165, 1.54) is 56.9 Å². The van der Waals surface area contributed by atoms with Gasteiger partial charge >= 0.3 is 0 Å². The third kappa shape index (κ3) is 11.6. The fourth-order valence-electron chi connectivity index (χ4n) is 5.97. The van der Waals surface area contributed by atoms with E-state index in [1.807, 2.05) is 24.8 Å². The highest BCUT2D eigenvalue weighted by Gasteiger charge is 2.20. The number of ether oxygens (including phenoxy) is 2. The predicted molar refractivity (Wildman–Crippen MR) is 209 cm³/mol. The molecular formula is C44H62N4O2. The number of rotatable bonds is 19. The number of aromatic nitrogens is 4. The summed E-state index contributed by atoms with van der Waals surface area (Å²) in [5, 5.41) is 0. The second-order valence-electron chi connectivity index (χ2n) is 15.7. The maximum atomic E-state index is 6.58. The summed E-state index contributed by atoms with van der Waals surface area (Å²) in [6.07, 6.45) is 22.1. The molecule has 2 aromatic carbocycles. The minimum atomic E-state index is -0.133. The van der Waals surface area contributed by atoms with Gasteiger partial charge in [0.2, 0.25) is 0 Å². The van der Waals surface area contributed by atoms with Crippen molar-refractivity contribution in [2.24, 2.45) is 0 Å². The highest BCUT2D eigenvalue weighted by atomic mass is 16.5. The number of benzene rings is 2. The van der Waals surface area contributed by atoms with Crippen LogP contribution in [0.3, 0.4) is 0 Å². The minimum absolute atomic E-state index is 0.0941. The molecule has 0 bridgehead atoms. The van der Waals surface area contributed by atoms with E-state index in [0.717, 1.165) is 70.8 Å². The highest BCUT2D eigenvalue weighted by molar-refractivity contribution is 5.80. The van der Waals surface area contributed by atoms with E-state index in [2.05, 4.69) is 91.8 Å². The summed E-state index contributed by atoms with van der Waals surface area (Å²) in [4.78, 5) is 19.2. The summed E-state index contributed by atoms with van der Waals surface area (Å²) in [6.45, 7) is 18.9. The molecule has 0 fully saturated rings. The quantitative estimate of drug-likeness (QED) is 0.0919. The number of nitrogens with zero attached hydrogens (tertiary/aromatic N) is 4. The van der Waals surface area contributed by atoms with E-state index < -0.39 is 0 Å². The summed E-state index contributed by atoms with van der Waals surface area (Å²) < 4.78 is 13.2. The SMILES string of the molecule is CCCCCCCCOc1cc(-c2cnc(C(C)(C)C)nc2)c(OCCCCCCCC)cc1-c1cnc(-c2ccc(C(C)(C)C)cc2)nc1. The van der Waals surface area contributed by atoms with Crippen molar-refractivity contribution in [3.63, 3.8) is 0 Å². The fourth-order valence-corrected chi connectivity index (χ4v) is 5.97. The van der Waals surface area contributed by atoms with Gasteiger partial charge in [0.1, 0.15) is 17.3 Å². The van der Waals surface area contributed by atoms with Gasteiger partial charge in [-0.15, -0.1) is 0 Å². The maximum absolute atomic E-state index is 6.58. The van der Waals surface area contributed by atoms with Crippen LogP contribution in [0, 0.1) is 0 Å². The Morgan fingerprint density at radius 1 is 0.480 bits per heavy atom. The molecule has 0 radical (unpaired) electrons. The monoisotopic (exact) mass is 678 g/mol. The summed E-state index contributed by atoms with van der Waals surface area (Å²) in [5.74, 6) is 3.12. The second kappa shape index (κ2) is 19.0. The van der Waals surface area contributed by atoms with E-state index in [0.29, 0.717) is 19.0 Å². The third-order valence-corrected chi connectivity index (χ3v) is 9.20. The Balaban J connectivity index is 1.67. The summed E-state index contributed by atoms with van der Waals surface area (Å²) >= 11 is 0. The van der Waals surface area contributed by atoms with Crippen LogP contribution in [0.25, 0.3) is 33.6 Å². The first-order valence-corrected chi connectivity index (χ1v) is 19.2. The van der Waals surface area contributed by atoms with Crippen molar-refractivity contribution < 1.29 is 9.47 Å². The molecule has 0 unspecified atom stereocenters. The van der Waals surface area contributed by atoms with Crippen LogP contribution >= 0.6 is 0 Å². The van der Waals surface area contributed by atoms with Gasteiger partial charge in [0.05, 0.1) is 13.2 Å². The minimum Gasteiger partial charge on any atom is -0.493 e. The summed E-state index contributed by atoms with van der Waals surface area (Å²) in [5.41, 5.74) is 5.93. The van der Waals surface area contributed by atoms with Crippen molar-refractivity contribution in [2.75, 3.05) is 13.2 Å². The molecule has 0 amide bonds. The van der Waals surface area contributed by atoms with Gasteiger partial charge in [-0.3, -0.25) is 0 Å². The van der Waals surface area contributed by atoms with E-state index in [-0.39, 0.29) is 10.8 Å². The van der Waals surface area contributed by atoms with Crippen LogP contribution in [0.4, 0.5) is 0 Å². The predicted octanol–water partition coefficient (Wildman–Crippen LogP) is 12.3. The lowest BCUT2D eigenvalue weighted by atomic mass is 9.87. The Labute approximate surface area is 302 Å². The lowest BCUT2D eigenvalue weighted by Crippen LogP contribution is -2.15. The number of hydrogen-bond acceptors (Lipinski definition) is 6. The standard InChI is InChI=1S/C44H62N4O2/c1-9-11-13-15-17-19-25-49-39-28-38(35-31-47-42(48-32-35)44(6,7)8)40(50-26-20-18-16-14-12-10-2)27-37(39)34-29-45-41(46-30-34)33-21-23-36(24-22-33)43(3,4)5/h21-24,27-32H,9-20,25-26H2,1-8H3. The molecule has 2 aromatic heterocycles. The second-order valence-corrected chi connectivity index (χ2v) is 15.7. The van der Waals surface area contributed by atoms with E-state index in [4.69, 9.17) is 29.4 Å². The molecule has 0 spiro atoms. The summed E-state index contributed by atoms with van der Waals surface area (Å²) in [6, 6.07) is 12.8. The molecular weight excluding hydrogens is 617 g/mol. The lowest BCUT2D eigenvalue weighted by molar-refractivity contribution is 0.298. The summed E-state index contributed by atoms with van der Waals surface area (Å²) in [7, 11) is 0. The van der Waals surface area contributed by atoms with Gasteiger partial charge in [0.25, 0.3) is 0 Å². The largest absolute Gasteiger partial charge is 0.493 e. The highest BCUT2D eigenvalue weighted by Crippen LogP contribution is 2.41. The molecule has 4 aromatic rings. The number of unbranched alkanes of at least 4 members (excludes halogenated alkanes) is 10. The van der Waals surface area contributed by atoms with Crippen LogP contribution in [-0.4, -0.2) is 33.1 Å². The Morgan fingerprint density at radius 2 is 0.900 bits per heavy atom. The Kier molecular flexibility index (Phi) is 14.8. The zero-order chi connectivity index (χ0) is 36.0.